The Morgan fingerprint density at radius 1 is 0.973 bits per heavy atom. The summed E-state index contributed by atoms with van der Waals surface area (Å²) in [6.45, 7) is 3.91. The molecular formula is C23H24BrN3O10. The summed E-state index contributed by atoms with van der Waals surface area (Å²) in [6.07, 6.45) is -5.90. The van der Waals surface area contributed by atoms with E-state index in [9.17, 15) is 29.2 Å². The van der Waals surface area contributed by atoms with Crippen LogP contribution in [0.4, 0.5) is 0 Å². The van der Waals surface area contributed by atoms with Gasteiger partial charge in [0, 0.05) is 34.2 Å². The topological polar surface area (TPSA) is 180 Å². The van der Waals surface area contributed by atoms with Crippen molar-refractivity contribution in [2.45, 2.75) is 58.4 Å². The van der Waals surface area contributed by atoms with Gasteiger partial charge in [0.25, 0.3) is 5.91 Å². The zero-order valence-corrected chi connectivity index (χ0v) is 21.8. The molecule has 1 aromatic heterocycles. The summed E-state index contributed by atoms with van der Waals surface area (Å²) in [7, 11) is 0. The first-order chi connectivity index (χ1) is 17.4. The number of pyridine rings is 1. The van der Waals surface area contributed by atoms with Crippen molar-refractivity contribution < 1.29 is 47.7 Å². The molecule has 1 aliphatic rings. The number of nitriles is 1. The van der Waals surface area contributed by atoms with Crippen molar-refractivity contribution in [2.24, 2.45) is 0 Å². The largest absolute Gasteiger partial charge is 0.456 e. The Morgan fingerprint density at radius 2 is 1.54 bits per heavy atom. The Hall–Kier alpha value is -3.83. The minimum absolute atomic E-state index is 0.295. The molecule has 0 radical (unpaired) electrons. The Balaban J connectivity index is 2.36. The maximum atomic E-state index is 12.7. The van der Waals surface area contributed by atoms with Crippen LogP contribution in [0.3, 0.4) is 0 Å². The van der Waals surface area contributed by atoms with Crippen LogP contribution < -0.4 is 5.32 Å². The molecule has 14 heteroatoms. The van der Waals surface area contributed by atoms with Gasteiger partial charge in [-0.2, -0.15) is 5.26 Å². The standard InChI is InChI=1S/C23H24BrN3O10/c1-11(28)33-19-17(10-26-22(32)15(9-25)8-16-6-5-7-18(24)27-16)37-23(36-14(4)31)21(35-13(3)30)20(19)34-12(2)29/h5-8,17,19-21,23H,10H2,1-4H3,(H,26,32)/t17-,19+,20+,21-,23+/m1/s1. The maximum Gasteiger partial charge on any atom is 0.305 e. The van der Waals surface area contributed by atoms with Crippen molar-refractivity contribution in [1.82, 2.24) is 10.3 Å². The van der Waals surface area contributed by atoms with Gasteiger partial charge in [-0.3, -0.25) is 24.0 Å². The van der Waals surface area contributed by atoms with Crippen molar-refractivity contribution in [3.63, 3.8) is 0 Å². The van der Waals surface area contributed by atoms with Gasteiger partial charge in [0.2, 0.25) is 12.4 Å². The second-order valence-electron chi connectivity index (χ2n) is 7.64. The zero-order chi connectivity index (χ0) is 27.7. The zero-order valence-electron chi connectivity index (χ0n) is 20.3. The van der Waals surface area contributed by atoms with Gasteiger partial charge in [0.15, 0.2) is 12.2 Å². The number of hydrogen-bond acceptors (Lipinski definition) is 12. The molecule has 0 aromatic carbocycles. The normalized spacial score (nSPS) is 23.1. The first-order valence-electron chi connectivity index (χ1n) is 10.8. The van der Waals surface area contributed by atoms with Crippen LogP contribution in [0.2, 0.25) is 0 Å². The Labute approximate surface area is 220 Å². The first-order valence-corrected chi connectivity index (χ1v) is 11.6. The molecule has 0 unspecified atom stereocenters. The van der Waals surface area contributed by atoms with E-state index in [1.165, 1.54) is 6.08 Å². The van der Waals surface area contributed by atoms with Crippen molar-refractivity contribution in [2.75, 3.05) is 6.54 Å². The smallest absolute Gasteiger partial charge is 0.305 e. The molecule has 2 heterocycles. The van der Waals surface area contributed by atoms with Gasteiger partial charge in [-0.25, -0.2) is 4.98 Å². The van der Waals surface area contributed by atoms with Crippen molar-refractivity contribution in [3.8, 4) is 6.07 Å². The average molecular weight is 582 g/mol. The minimum Gasteiger partial charge on any atom is -0.456 e. The van der Waals surface area contributed by atoms with Crippen molar-refractivity contribution in [3.05, 3.63) is 34.1 Å². The highest BCUT2D eigenvalue weighted by molar-refractivity contribution is 9.10. The van der Waals surface area contributed by atoms with E-state index in [0.29, 0.717) is 10.3 Å². The third-order valence-electron chi connectivity index (χ3n) is 4.64. The molecule has 1 aromatic rings. The van der Waals surface area contributed by atoms with Crippen LogP contribution in [0.5, 0.6) is 0 Å². The van der Waals surface area contributed by atoms with E-state index in [2.05, 4.69) is 26.2 Å². The number of carbonyl (C=O) groups excluding carboxylic acids is 5. The molecule has 0 saturated carbocycles. The van der Waals surface area contributed by atoms with Crippen LogP contribution in [-0.4, -0.2) is 72.0 Å². The van der Waals surface area contributed by atoms with E-state index in [4.69, 9.17) is 23.7 Å². The SMILES string of the molecule is CC(=O)O[C@H]1O[C@H](CNC(=O)C(C#N)=Cc2cccc(Br)n2)[C@H](OC(C)=O)[C@H](OC(C)=O)[C@H]1OC(C)=O. The second-order valence-corrected chi connectivity index (χ2v) is 8.45. The summed E-state index contributed by atoms with van der Waals surface area (Å²) < 4.78 is 27.0. The number of carbonyl (C=O) groups is 5. The van der Waals surface area contributed by atoms with Gasteiger partial charge in [0.05, 0.1) is 5.69 Å². The predicted octanol–water partition coefficient (Wildman–Crippen LogP) is 0.950. The maximum absolute atomic E-state index is 12.7. The Bertz CT molecular complexity index is 1130. The van der Waals surface area contributed by atoms with Gasteiger partial charge >= 0.3 is 23.9 Å². The number of rotatable bonds is 8. The van der Waals surface area contributed by atoms with E-state index in [0.717, 1.165) is 27.7 Å². The highest BCUT2D eigenvalue weighted by Gasteiger charge is 2.53. The molecule has 198 valence electrons. The number of halogens is 1. The van der Waals surface area contributed by atoms with Crippen LogP contribution in [0.15, 0.2) is 28.4 Å². The average Bonchev–Trinajstić information content (AvgIpc) is 2.78. The summed E-state index contributed by atoms with van der Waals surface area (Å²) in [6, 6.07) is 6.69. The summed E-state index contributed by atoms with van der Waals surface area (Å²) >= 11 is 3.20. The van der Waals surface area contributed by atoms with E-state index in [-0.39, 0.29) is 12.1 Å². The summed E-state index contributed by atoms with van der Waals surface area (Å²) in [5.74, 6) is -4.06. The lowest BCUT2D eigenvalue weighted by molar-refractivity contribution is -0.294. The second kappa shape index (κ2) is 13.5. The van der Waals surface area contributed by atoms with Gasteiger partial charge in [-0.1, -0.05) is 6.07 Å². The molecule has 1 N–H and O–H groups in total. The van der Waals surface area contributed by atoms with E-state index >= 15 is 0 Å². The molecule has 1 saturated heterocycles. The number of nitrogens with one attached hydrogen (secondary N) is 1. The van der Waals surface area contributed by atoms with Crippen LogP contribution in [-0.2, 0) is 47.7 Å². The third kappa shape index (κ3) is 8.96. The molecule has 0 spiro atoms. The van der Waals surface area contributed by atoms with Gasteiger partial charge < -0.3 is 29.0 Å². The number of hydrogen-bond donors (Lipinski definition) is 1. The van der Waals surface area contributed by atoms with E-state index < -0.39 is 60.5 Å². The summed E-state index contributed by atoms with van der Waals surface area (Å²) in [5.41, 5.74) is 0.0400. The van der Waals surface area contributed by atoms with Crippen molar-refractivity contribution in [1.29, 1.82) is 5.26 Å². The Morgan fingerprint density at radius 3 is 2.08 bits per heavy atom. The van der Waals surface area contributed by atoms with Gasteiger partial charge in [0.1, 0.15) is 22.3 Å². The van der Waals surface area contributed by atoms with Crippen molar-refractivity contribution >= 4 is 51.8 Å². The number of aromatic nitrogens is 1. The lowest BCUT2D eigenvalue weighted by Crippen LogP contribution is -2.64. The van der Waals surface area contributed by atoms with E-state index in [1.54, 1.807) is 24.3 Å². The molecule has 1 fully saturated rings. The van der Waals surface area contributed by atoms with E-state index in [1.807, 2.05) is 0 Å². The monoisotopic (exact) mass is 581 g/mol. The number of esters is 4. The van der Waals surface area contributed by atoms with Crippen LogP contribution >= 0.6 is 15.9 Å². The summed E-state index contributed by atoms with van der Waals surface area (Å²) in [4.78, 5) is 63.9. The molecule has 2 rings (SSSR count). The molecule has 0 bridgehead atoms. The molecular weight excluding hydrogens is 558 g/mol. The molecule has 1 amide bonds. The number of ether oxygens (including phenoxy) is 5. The highest BCUT2D eigenvalue weighted by atomic mass is 79.9. The molecule has 5 atom stereocenters. The molecule has 0 aliphatic carbocycles. The summed E-state index contributed by atoms with van der Waals surface area (Å²) in [5, 5.41) is 11.9. The first kappa shape index (κ1) is 29.4. The molecule has 37 heavy (non-hydrogen) atoms. The number of nitrogens with zero attached hydrogens (tertiary/aromatic N) is 2. The highest BCUT2D eigenvalue weighted by Crippen LogP contribution is 2.29. The van der Waals surface area contributed by atoms with Gasteiger partial charge in [-0.05, 0) is 34.1 Å². The number of amides is 1. The molecule has 1 aliphatic heterocycles. The molecule has 13 nitrogen and oxygen atoms in total. The van der Waals surface area contributed by atoms with Crippen LogP contribution in [0.1, 0.15) is 33.4 Å². The third-order valence-corrected chi connectivity index (χ3v) is 5.08. The quantitative estimate of drug-likeness (QED) is 0.151. The fraction of sp³-hybridized carbons (Fsp3) is 0.435. The lowest BCUT2D eigenvalue weighted by Gasteiger charge is -2.43. The lowest BCUT2D eigenvalue weighted by atomic mass is 9.97. The minimum atomic E-state index is -1.57. The van der Waals surface area contributed by atoms with Gasteiger partial charge in [-0.15, -0.1) is 0 Å². The predicted molar refractivity (Wildman–Crippen MR) is 126 cm³/mol. The fourth-order valence-electron chi connectivity index (χ4n) is 3.37. The van der Waals surface area contributed by atoms with Crippen LogP contribution in [0, 0.1) is 11.3 Å². The fourth-order valence-corrected chi connectivity index (χ4v) is 3.72. The Kier molecular flexibility index (Phi) is 10.7. The van der Waals surface area contributed by atoms with Crippen LogP contribution in [0.25, 0.3) is 6.08 Å².